The number of piperidine rings is 1. The molecule has 1 fully saturated rings. The highest BCUT2D eigenvalue weighted by atomic mass is 32.2. The molecule has 0 spiro atoms. The van der Waals surface area contributed by atoms with Gasteiger partial charge in [0.05, 0.1) is 12.3 Å². The van der Waals surface area contributed by atoms with Crippen molar-refractivity contribution in [1.29, 1.82) is 0 Å². The van der Waals surface area contributed by atoms with Gasteiger partial charge in [0.25, 0.3) is 5.91 Å². The summed E-state index contributed by atoms with van der Waals surface area (Å²) in [5.74, 6) is -0.524. The van der Waals surface area contributed by atoms with E-state index in [0.717, 1.165) is 19.3 Å². The first kappa shape index (κ1) is 23.2. The summed E-state index contributed by atoms with van der Waals surface area (Å²) in [5, 5.41) is 2.63. The van der Waals surface area contributed by atoms with E-state index in [1.54, 1.807) is 12.1 Å². The third-order valence-electron chi connectivity index (χ3n) is 4.82. The van der Waals surface area contributed by atoms with Gasteiger partial charge in [-0.05, 0) is 42.7 Å². The van der Waals surface area contributed by atoms with Gasteiger partial charge in [0.2, 0.25) is 10.0 Å². The average molecular weight is 456 g/mol. The number of rotatable bonds is 7. The molecule has 1 N–H and O–H groups in total. The van der Waals surface area contributed by atoms with Crippen LogP contribution in [0.3, 0.4) is 0 Å². The molecule has 0 atom stereocenters. The van der Waals surface area contributed by atoms with Crippen LogP contribution in [0.15, 0.2) is 53.4 Å². The number of para-hydroxylation sites is 1. The third-order valence-corrected chi connectivity index (χ3v) is 6.78. The zero-order valence-corrected chi connectivity index (χ0v) is 17.5. The van der Waals surface area contributed by atoms with E-state index in [1.807, 2.05) is 0 Å². The van der Waals surface area contributed by atoms with Crippen LogP contribution in [0.5, 0.6) is 0 Å². The van der Waals surface area contributed by atoms with Crippen molar-refractivity contribution >= 4 is 21.6 Å². The molecule has 1 saturated heterocycles. The molecule has 1 aliphatic heterocycles. The van der Waals surface area contributed by atoms with Crippen LogP contribution in [0.2, 0.25) is 0 Å². The number of anilines is 1. The predicted octanol–water partition coefficient (Wildman–Crippen LogP) is 4.19. The molecule has 3 rings (SSSR count). The highest BCUT2D eigenvalue weighted by Crippen LogP contribution is 2.27. The number of sulfonamides is 1. The number of benzene rings is 2. The van der Waals surface area contributed by atoms with Crippen LogP contribution in [-0.4, -0.2) is 44.5 Å². The van der Waals surface area contributed by atoms with E-state index in [9.17, 15) is 26.4 Å². The van der Waals surface area contributed by atoms with Gasteiger partial charge in [-0.1, -0.05) is 30.7 Å². The van der Waals surface area contributed by atoms with E-state index in [4.69, 9.17) is 0 Å². The quantitative estimate of drug-likeness (QED) is 0.678. The third kappa shape index (κ3) is 6.28. The van der Waals surface area contributed by atoms with Crippen LogP contribution in [0.1, 0.15) is 35.2 Å². The van der Waals surface area contributed by atoms with E-state index in [0.29, 0.717) is 18.7 Å². The molecule has 0 bridgehead atoms. The Balaban J connectivity index is 1.70. The fraction of sp³-hybridized carbons (Fsp3) is 0.381. The van der Waals surface area contributed by atoms with E-state index in [2.05, 4.69) is 10.1 Å². The molecule has 10 heteroatoms. The minimum absolute atomic E-state index is 0.0300. The number of nitrogens with one attached hydrogen (secondary N) is 1. The standard InChI is InChI=1S/C21H23F3N2O4S/c22-21(23,24)15-30-14-16-8-10-17(11-9-16)20(27)25-18-6-2-3-7-19(18)31(28,29)26-12-4-1-5-13-26/h2-3,6-11H,1,4-5,12-15H2,(H,25,27). The van der Waals surface area contributed by atoms with Crippen molar-refractivity contribution in [3.05, 3.63) is 59.7 Å². The molecule has 0 saturated carbocycles. The monoisotopic (exact) mass is 456 g/mol. The molecule has 2 aromatic rings. The van der Waals surface area contributed by atoms with Crippen molar-refractivity contribution in [2.24, 2.45) is 0 Å². The Morgan fingerprint density at radius 2 is 1.65 bits per heavy atom. The second kappa shape index (κ2) is 9.80. The first-order chi connectivity index (χ1) is 14.7. The number of carbonyl (C=O) groups is 1. The van der Waals surface area contributed by atoms with Crippen molar-refractivity contribution in [1.82, 2.24) is 4.31 Å². The largest absolute Gasteiger partial charge is 0.411 e. The Hall–Kier alpha value is -2.43. The molecule has 0 unspecified atom stereocenters. The Kier molecular flexibility index (Phi) is 7.34. The molecule has 6 nitrogen and oxygen atoms in total. The van der Waals surface area contributed by atoms with Crippen molar-refractivity contribution in [2.75, 3.05) is 25.0 Å². The molecule has 0 aromatic heterocycles. The van der Waals surface area contributed by atoms with E-state index in [-0.39, 0.29) is 22.8 Å². The maximum atomic E-state index is 13.0. The lowest BCUT2D eigenvalue weighted by atomic mass is 10.1. The number of ether oxygens (including phenoxy) is 1. The van der Waals surface area contributed by atoms with E-state index < -0.39 is 28.7 Å². The topological polar surface area (TPSA) is 75.7 Å². The van der Waals surface area contributed by atoms with Gasteiger partial charge in [0.15, 0.2) is 0 Å². The molecular formula is C21H23F3N2O4S. The van der Waals surface area contributed by atoms with Gasteiger partial charge in [-0.25, -0.2) is 8.42 Å². The smallest absolute Gasteiger partial charge is 0.367 e. The zero-order chi connectivity index (χ0) is 22.5. The minimum atomic E-state index is -4.40. The molecule has 2 aromatic carbocycles. The highest BCUT2D eigenvalue weighted by molar-refractivity contribution is 7.89. The van der Waals surface area contributed by atoms with Gasteiger partial charge in [-0.3, -0.25) is 4.79 Å². The van der Waals surface area contributed by atoms with Gasteiger partial charge < -0.3 is 10.1 Å². The molecule has 0 radical (unpaired) electrons. The van der Waals surface area contributed by atoms with Gasteiger partial charge in [-0.2, -0.15) is 17.5 Å². The molecule has 31 heavy (non-hydrogen) atoms. The zero-order valence-electron chi connectivity index (χ0n) is 16.7. The maximum Gasteiger partial charge on any atom is 0.411 e. The van der Waals surface area contributed by atoms with Gasteiger partial charge in [0.1, 0.15) is 11.5 Å². The fourth-order valence-corrected chi connectivity index (χ4v) is 4.94. The molecule has 168 valence electrons. The molecular weight excluding hydrogens is 433 g/mol. The molecule has 1 amide bonds. The second-order valence-electron chi connectivity index (χ2n) is 7.22. The summed E-state index contributed by atoms with van der Waals surface area (Å²) in [6, 6.07) is 12.1. The van der Waals surface area contributed by atoms with Gasteiger partial charge >= 0.3 is 6.18 Å². The Morgan fingerprint density at radius 3 is 2.29 bits per heavy atom. The number of alkyl halides is 3. The van der Waals surface area contributed by atoms with Crippen LogP contribution in [-0.2, 0) is 21.4 Å². The number of amides is 1. The molecule has 1 aliphatic rings. The molecule has 0 aliphatic carbocycles. The lowest BCUT2D eigenvalue weighted by Crippen LogP contribution is -2.36. The summed E-state index contributed by atoms with van der Waals surface area (Å²) in [7, 11) is -3.74. The van der Waals surface area contributed by atoms with Crippen LogP contribution in [0, 0.1) is 0 Å². The highest BCUT2D eigenvalue weighted by Gasteiger charge is 2.29. The van der Waals surface area contributed by atoms with Crippen molar-refractivity contribution < 1.29 is 31.1 Å². The number of carbonyl (C=O) groups excluding carboxylic acids is 1. The van der Waals surface area contributed by atoms with Crippen molar-refractivity contribution in [2.45, 2.75) is 36.9 Å². The van der Waals surface area contributed by atoms with Crippen LogP contribution in [0.25, 0.3) is 0 Å². The number of hydrogen-bond acceptors (Lipinski definition) is 4. The second-order valence-corrected chi connectivity index (χ2v) is 9.13. The van der Waals surface area contributed by atoms with Crippen LogP contribution in [0.4, 0.5) is 18.9 Å². The predicted molar refractivity (Wildman–Crippen MR) is 109 cm³/mol. The summed E-state index contributed by atoms with van der Waals surface area (Å²) in [4.78, 5) is 12.7. The SMILES string of the molecule is O=C(Nc1ccccc1S(=O)(=O)N1CCCCC1)c1ccc(COCC(F)(F)F)cc1. The van der Waals surface area contributed by atoms with Gasteiger partial charge in [0, 0.05) is 18.7 Å². The lowest BCUT2D eigenvalue weighted by Gasteiger charge is -2.26. The summed E-state index contributed by atoms with van der Waals surface area (Å²) < 4.78 is 68.5. The van der Waals surface area contributed by atoms with Crippen molar-refractivity contribution in [3.63, 3.8) is 0 Å². The first-order valence-electron chi connectivity index (χ1n) is 9.81. The summed E-state index contributed by atoms with van der Waals surface area (Å²) in [6.45, 7) is -0.694. The fourth-order valence-electron chi connectivity index (χ4n) is 3.27. The van der Waals surface area contributed by atoms with E-state index in [1.165, 1.54) is 40.7 Å². The Bertz CT molecular complexity index is 1000. The maximum absolute atomic E-state index is 13.0. The molecule has 1 heterocycles. The average Bonchev–Trinajstić information content (AvgIpc) is 2.74. The van der Waals surface area contributed by atoms with Crippen molar-refractivity contribution in [3.8, 4) is 0 Å². The number of halogens is 3. The summed E-state index contributed by atoms with van der Waals surface area (Å²) in [5.41, 5.74) is 0.897. The lowest BCUT2D eigenvalue weighted by molar-refractivity contribution is -0.176. The Morgan fingerprint density at radius 1 is 1.00 bits per heavy atom. The van der Waals surface area contributed by atoms with Crippen LogP contribution < -0.4 is 5.32 Å². The van der Waals surface area contributed by atoms with Gasteiger partial charge in [-0.15, -0.1) is 0 Å². The van der Waals surface area contributed by atoms with Crippen LogP contribution >= 0.6 is 0 Å². The Labute approximate surface area is 179 Å². The summed E-state index contributed by atoms with van der Waals surface area (Å²) >= 11 is 0. The normalized spacial score (nSPS) is 15.6. The number of nitrogens with zero attached hydrogens (tertiary/aromatic N) is 1. The minimum Gasteiger partial charge on any atom is -0.367 e. The van der Waals surface area contributed by atoms with E-state index >= 15 is 0 Å². The summed E-state index contributed by atoms with van der Waals surface area (Å²) in [6.07, 6.45) is -1.82. The number of hydrogen-bond donors (Lipinski definition) is 1. The first-order valence-corrected chi connectivity index (χ1v) is 11.2.